The zero-order chi connectivity index (χ0) is 14.6. The summed E-state index contributed by atoms with van der Waals surface area (Å²) in [6.45, 7) is 0. The standard InChI is InChI=1S/C9H6Br2N6O2/c10-4-1-5(11)8(7(2-4)17(18)19)16-15-6(3-12)9(13)14/h1-2,16H,(H3,13,14)/b15-6+. The van der Waals surface area contributed by atoms with E-state index < -0.39 is 10.8 Å². The van der Waals surface area contributed by atoms with Gasteiger partial charge in [-0.25, -0.2) is 0 Å². The lowest BCUT2D eigenvalue weighted by Gasteiger charge is -2.06. The lowest BCUT2D eigenvalue weighted by Crippen LogP contribution is -2.22. The van der Waals surface area contributed by atoms with Crippen molar-refractivity contribution in [3.05, 3.63) is 31.2 Å². The van der Waals surface area contributed by atoms with Crippen molar-refractivity contribution in [3.63, 3.8) is 0 Å². The third-order valence-electron chi connectivity index (χ3n) is 1.87. The molecule has 0 saturated heterocycles. The fourth-order valence-electron chi connectivity index (χ4n) is 1.07. The van der Waals surface area contributed by atoms with Crippen molar-refractivity contribution in [1.29, 1.82) is 10.7 Å². The zero-order valence-electron chi connectivity index (χ0n) is 9.15. The molecule has 8 nitrogen and oxygen atoms in total. The van der Waals surface area contributed by atoms with Crippen LogP contribution in [0.25, 0.3) is 0 Å². The van der Waals surface area contributed by atoms with Crippen LogP contribution in [-0.2, 0) is 0 Å². The van der Waals surface area contributed by atoms with Gasteiger partial charge in [0.25, 0.3) is 5.69 Å². The average Bonchev–Trinajstić information content (AvgIpc) is 2.30. The fourth-order valence-corrected chi connectivity index (χ4v) is 2.36. The van der Waals surface area contributed by atoms with Crippen LogP contribution in [-0.4, -0.2) is 16.5 Å². The van der Waals surface area contributed by atoms with Gasteiger partial charge in [-0.3, -0.25) is 20.9 Å². The van der Waals surface area contributed by atoms with Gasteiger partial charge >= 0.3 is 0 Å². The summed E-state index contributed by atoms with van der Waals surface area (Å²) in [7, 11) is 0. The van der Waals surface area contributed by atoms with E-state index in [1.165, 1.54) is 6.07 Å². The highest BCUT2D eigenvalue weighted by atomic mass is 79.9. The van der Waals surface area contributed by atoms with Gasteiger partial charge in [-0.05, 0) is 22.0 Å². The fraction of sp³-hybridized carbons (Fsp3) is 0. The van der Waals surface area contributed by atoms with Crippen LogP contribution in [0.15, 0.2) is 26.2 Å². The quantitative estimate of drug-likeness (QED) is 0.313. The van der Waals surface area contributed by atoms with Crippen molar-refractivity contribution in [1.82, 2.24) is 0 Å². The highest BCUT2D eigenvalue weighted by Crippen LogP contribution is 2.35. The Labute approximate surface area is 124 Å². The van der Waals surface area contributed by atoms with E-state index in [9.17, 15) is 10.1 Å². The molecule has 4 N–H and O–H groups in total. The van der Waals surface area contributed by atoms with E-state index in [1.54, 1.807) is 12.1 Å². The van der Waals surface area contributed by atoms with E-state index in [0.29, 0.717) is 8.95 Å². The molecule has 0 fully saturated rings. The molecule has 0 bridgehead atoms. The molecule has 0 unspecified atom stereocenters. The van der Waals surface area contributed by atoms with E-state index in [1.807, 2.05) is 0 Å². The molecule has 0 aliphatic carbocycles. The molecule has 19 heavy (non-hydrogen) atoms. The Morgan fingerprint density at radius 3 is 2.68 bits per heavy atom. The van der Waals surface area contributed by atoms with Crippen molar-refractivity contribution in [2.24, 2.45) is 10.8 Å². The van der Waals surface area contributed by atoms with Crippen molar-refractivity contribution in [2.45, 2.75) is 0 Å². The summed E-state index contributed by atoms with van der Waals surface area (Å²) in [5.74, 6) is -0.536. The number of rotatable bonds is 4. The van der Waals surface area contributed by atoms with E-state index >= 15 is 0 Å². The van der Waals surface area contributed by atoms with Crippen molar-refractivity contribution < 1.29 is 4.92 Å². The SMILES string of the molecule is N#C/C(=N\Nc1c(Br)cc(Br)cc1[N+](=O)[O-])C(=N)N. The van der Waals surface area contributed by atoms with Gasteiger partial charge in [0.05, 0.1) is 9.40 Å². The number of nitrogens with one attached hydrogen (secondary N) is 2. The molecule has 0 atom stereocenters. The Morgan fingerprint density at radius 2 is 2.21 bits per heavy atom. The summed E-state index contributed by atoms with van der Waals surface area (Å²) in [5.41, 5.74) is 6.91. The first-order valence-electron chi connectivity index (χ1n) is 4.58. The smallest absolute Gasteiger partial charge is 0.296 e. The van der Waals surface area contributed by atoms with Gasteiger partial charge in [-0.15, -0.1) is 0 Å². The normalized spacial score (nSPS) is 10.7. The average molecular weight is 390 g/mol. The van der Waals surface area contributed by atoms with E-state index in [0.717, 1.165) is 0 Å². The Hall–Kier alpha value is -1.99. The Bertz CT molecular complexity index is 622. The summed E-state index contributed by atoms with van der Waals surface area (Å²) < 4.78 is 0.880. The highest BCUT2D eigenvalue weighted by Gasteiger charge is 2.18. The van der Waals surface area contributed by atoms with Crippen LogP contribution in [0.3, 0.4) is 0 Å². The molecular formula is C9H6Br2N6O2. The molecule has 0 radical (unpaired) electrons. The number of hydrazone groups is 1. The van der Waals surface area contributed by atoms with Crippen molar-refractivity contribution in [2.75, 3.05) is 5.43 Å². The first kappa shape index (κ1) is 15.1. The summed E-state index contributed by atoms with van der Waals surface area (Å²) in [4.78, 5) is 10.3. The molecule has 10 heteroatoms. The van der Waals surface area contributed by atoms with E-state index in [4.69, 9.17) is 16.4 Å². The lowest BCUT2D eigenvalue weighted by molar-refractivity contribution is -0.384. The van der Waals surface area contributed by atoms with Crippen molar-refractivity contribution in [3.8, 4) is 6.07 Å². The second-order valence-corrected chi connectivity index (χ2v) is 4.91. The topological polar surface area (TPSA) is 141 Å². The third kappa shape index (κ3) is 3.73. The molecule has 1 aromatic rings. The molecule has 98 valence electrons. The maximum absolute atomic E-state index is 10.9. The van der Waals surface area contributed by atoms with Crippen LogP contribution in [0, 0.1) is 26.9 Å². The highest BCUT2D eigenvalue weighted by molar-refractivity contribution is 9.11. The van der Waals surface area contributed by atoms with Gasteiger partial charge in [0, 0.05) is 10.5 Å². The Morgan fingerprint density at radius 1 is 1.58 bits per heavy atom. The first-order valence-corrected chi connectivity index (χ1v) is 6.17. The molecule has 0 amide bonds. The first-order chi connectivity index (χ1) is 8.86. The van der Waals surface area contributed by atoms with Crippen LogP contribution in [0.1, 0.15) is 0 Å². The monoisotopic (exact) mass is 388 g/mol. The van der Waals surface area contributed by atoms with Crippen LogP contribution in [0.5, 0.6) is 0 Å². The molecule has 0 aromatic heterocycles. The number of anilines is 1. The molecular weight excluding hydrogens is 384 g/mol. The number of nitro benzene ring substituents is 1. The number of halogens is 2. The molecule has 1 rings (SSSR count). The number of hydrogen-bond acceptors (Lipinski definition) is 6. The van der Waals surface area contributed by atoms with Gasteiger partial charge < -0.3 is 5.73 Å². The second-order valence-electron chi connectivity index (χ2n) is 3.14. The number of nitriles is 1. The summed E-state index contributed by atoms with van der Waals surface area (Å²) in [6, 6.07) is 4.45. The van der Waals surface area contributed by atoms with Crippen molar-refractivity contribution >= 4 is 54.8 Å². The molecule has 0 spiro atoms. The summed E-state index contributed by atoms with van der Waals surface area (Å²) in [6.07, 6.45) is 0. The number of hydrogen-bond donors (Lipinski definition) is 3. The number of nitrogens with zero attached hydrogens (tertiary/aromatic N) is 3. The molecule has 0 aliphatic heterocycles. The number of nitrogens with two attached hydrogens (primary N) is 1. The van der Waals surface area contributed by atoms with E-state index in [2.05, 4.69) is 42.4 Å². The predicted molar refractivity (Wildman–Crippen MR) is 77.1 cm³/mol. The van der Waals surface area contributed by atoms with Crippen LogP contribution >= 0.6 is 31.9 Å². The Kier molecular flexibility index (Phi) is 4.96. The maximum Gasteiger partial charge on any atom is 0.296 e. The van der Waals surface area contributed by atoms with E-state index in [-0.39, 0.29) is 17.1 Å². The molecule has 0 saturated carbocycles. The largest absolute Gasteiger partial charge is 0.382 e. The van der Waals surface area contributed by atoms with Gasteiger partial charge in [-0.2, -0.15) is 10.4 Å². The minimum Gasteiger partial charge on any atom is -0.382 e. The lowest BCUT2D eigenvalue weighted by atomic mass is 10.3. The minimum atomic E-state index is -0.604. The minimum absolute atomic E-state index is 0.0576. The third-order valence-corrected chi connectivity index (χ3v) is 2.95. The summed E-state index contributed by atoms with van der Waals surface area (Å²) >= 11 is 6.27. The van der Waals surface area contributed by atoms with Gasteiger partial charge in [0.2, 0.25) is 5.71 Å². The zero-order valence-corrected chi connectivity index (χ0v) is 12.3. The Balaban J connectivity index is 3.25. The number of benzene rings is 1. The van der Waals surface area contributed by atoms with Crippen LogP contribution in [0.4, 0.5) is 11.4 Å². The molecule has 1 aromatic carbocycles. The van der Waals surface area contributed by atoms with Crippen LogP contribution < -0.4 is 11.2 Å². The molecule has 0 aliphatic rings. The number of amidine groups is 1. The van der Waals surface area contributed by atoms with Crippen LogP contribution in [0.2, 0.25) is 0 Å². The predicted octanol–water partition coefficient (Wildman–Crippen LogP) is 2.35. The van der Waals surface area contributed by atoms with Gasteiger partial charge in [0.1, 0.15) is 11.8 Å². The maximum atomic E-state index is 10.9. The van der Waals surface area contributed by atoms with Gasteiger partial charge in [-0.1, -0.05) is 15.9 Å². The number of nitro groups is 1. The molecule has 0 heterocycles. The van der Waals surface area contributed by atoms with Gasteiger partial charge in [0.15, 0.2) is 5.84 Å². The summed E-state index contributed by atoms with van der Waals surface area (Å²) in [5, 5.41) is 30.2. The second kappa shape index (κ2) is 6.26.